The number of rotatable bonds is 1. The van der Waals surface area contributed by atoms with E-state index in [4.69, 9.17) is 0 Å². The number of likely N-dealkylation sites (tertiary alicyclic amines) is 1. The van der Waals surface area contributed by atoms with Gasteiger partial charge in [0, 0.05) is 25.9 Å². The lowest BCUT2D eigenvalue weighted by molar-refractivity contribution is -0.135. The van der Waals surface area contributed by atoms with Crippen LogP contribution in [0.4, 0.5) is 0 Å². The van der Waals surface area contributed by atoms with Gasteiger partial charge in [0.25, 0.3) is 5.91 Å². The van der Waals surface area contributed by atoms with Crippen LogP contribution in [0.2, 0.25) is 0 Å². The lowest BCUT2D eigenvalue weighted by Crippen LogP contribution is -2.38. The SMILES string of the molecule is CN1C(=O)[C@H](O)CC1(C)c1cccnc1. The Hall–Kier alpha value is -1.42. The van der Waals surface area contributed by atoms with Gasteiger partial charge >= 0.3 is 0 Å². The average Bonchev–Trinajstić information content (AvgIpc) is 2.45. The van der Waals surface area contributed by atoms with E-state index in [0.717, 1.165) is 5.56 Å². The van der Waals surface area contributed by atoms with Gasteiger partial charge in [-0.25, -0.2) is 0 Å². The molecule has 0 aromatic carbocycles. The lowest BCUT2D eigenvalue weighted by atomic mass is 9.90. The van der Waals surface area contributed by atoms with Crippen LogP contribution in [0.3, 0.4) is 0 Å². The largest absolute Gasteiger partial charge is 0.383 e. The van der Waals surface area contributed by atoms with Gasteiger partial charge in [-0.15, -0.1) is 0 Å². The Kier molecular flexibility index (Phi) is 2.23. The topological polar surface area (TPSA) is 53.4 Å². The zero-order chi connectivity index (χ0) is 11.1. The van der Waals surface area contributed by atoms with Crippen molar-refractivity contribution in [2.24, 2.45) is 0 Å². The van der Waals surface area contributed by atoms with Gasteiger partial charge in [0.2, 0.25) is 0 Å². The van der Waals surface area contributed by atoms with Crippen LogP contribution in [-0.2, 0) is 10.3 Å². The molecule has 0 radical (unpaired) electrons. The van der Waals surface area contributed by atoms with E-state index in [1.165, 1.54) is 0 Å². The lowest BCUT2D eigenvalue weighted by Gasteiger charge is -2.31. The average molecular weight is 206 g/mol. The third-order valence-corrected chi connectivity index (χ3v) is 3.23. The maximum Gasteiger partial charge on any atom is 0.251 e. The molecule has 1 aromatic heterocycles. The number of aliphatic hydroxyl groups excluding tert-OH is 1. The summed E-state index contributed by atoms with van der Waals surface area (Å²) in [5.41, 5.74) is 0.516. The van der Waals surface area contributed by atoms with Gasteiger partial charge in [-0.1, -0.05) is 6.07 Å². The van der Waals surface area contributed by atoms with Crippen LogP contribution in [0.15, 0.2) is 24.5 Å². The number of amides is 1. The second-order valence-corrected chi connectivity index (χ2v) is 4.13. The van der Waals surface area contributed by atoms with Crippen molar-refractivity contribution in [2.45, 2.75) is 25.0 Å². The molecule has 1 saturated heterocycles. The molecule has 0 spiro atoms. The highest BCUT2D eigenvalue weighted by molar-refractivity contribution is 5.84. The number of hydrogen-bond acceptors (Lipinski definition) is 3. The fraction of sp³-hybridized carbons (Fsp3) is 0.455. The summed E-state index contributed by atoms with van der Waals surface area (Å²) in [4.78, 5) is 17.2. The van der Waals surface area contributed by atoms with Crippen LogP contribution < -0.4 is 0 Å². The zero-order valence-corrected chi connectivity index (χ0v) is 8.84. The highest BCUT2D eigenvalue weighted by Crippen LogP contribution is 2.37. The van der Waals surface area contributed by atoms with Crippen LogP contribution in [0.1, 0.15) is 18.9 Å². The van der Waals surface area contributed by atoms with Crippen molar-refractivity contribution >= 4 is 5.91 Å². The van der Waals surface area contributed by atoms with Crippen molar-refractivity contribution in [1.82, 2.24) is 9.88 Å². The van der Waals surface area contributed by atoms with Crippen molar-refractivity contribution in [3.05, 3.63) is 30.1 Å². The van der Waals surface area contributed by atoms with Crippen molar-refractivity contribution in [3.8, 4) is 0 Å². The van der Waals surface area contributed by atoms with Gasteiger partial charge in [0.05, 0.1) is 5.54 Å². The summed E-state index contributed by atoms with van der Waals surface area (Å²) in [6.07, 6.45) is 2.97. The van der Waals surface area contributed by atoms with E-state index in [1.54, 1.807) is 24.3 Å². The van der Waals surface area contributed by atoms with Crippen LogP contribution in [0, 0.1) is 0 Å². The summed E-state index contributed by atoms with van der Waals surface area (Å²) >= 11 is 0. The number of aliphatic hydroxyl groups is 1. The van der Waals surface area contributed by atoms with E-state index >= 15 is 0 Å². The Morgan fingerprint density at radius 3 is 2.87 bits per heavy atom. The van der Waals surface area contributed by atoms with Crippen LogP contribution in [-0.4, -0.2) is 34.0 Å². The quantitative estimate of drug-likeness (QED) is 0.728. The van der Waals surface area contributed by atoms with E-state index in [-0.39, 0.29) is 5.91 Å². The Morgan fingerprint density at radius 2 is 2.40 bits per heavy atom. The van der Waals surface area contributed by atoms with E-state index in [2.05, 4.69) is 4.98 Å². The monoisotopic (exact) mass is 206 g/mol. The van der Waals surface area contributed by atoms with E-state index in [1.807, 2.05) is 19.1 Å². The molecule has 4 nitrogen and oxygen atoms in total. The molecule has 0 aliphatic carbocycles. The summed E-state index contributed by atoms with van der Waals surface area (Å²) < 4.78 is 0. The molecule has 4 heteroatoms. The predicted octanol–water partition coefficient (Wildman–Crippen LogP) is 0.520. The first kappa shape index (κ1) is 10.1. The number of aromatic nitrogens is 1. The normalized spacial score (nSPS) is 31.0. The van der Waals surface area contributed by atoms with Gasteiger partial charge < -0.3 is 10.0 Å². The third kappa shape index (κ3) is 1.41. The van der Waals surface area contributed by atoms with E-state index in [0.29, 0.717) is 6.42 Å². The van der Waals surface area contributed by atoms with Gasteiger partial charge in [0.1, 0.15) is 6.10 Å². The van der Waals surface area contributed by atoms with Gasteiger partial charge in [-0.3, -0.25) is 9.78 Å². The van der Waals surface area contributed by atoms with Crippen molar-refractivity contribution in [3.63, 3.8) is 0 Å². The van der Waals surface area contributed by atoms with Crippen LogP contribution >= 0.6 is 0 Å². The minimum atomic E-state index is -0.889. The molecule has 0 bridgehead atoms. The van der Waals surface area contributed by atoms with Gasteiger partial charge in [-0.2, -0.15) is 0 Å². The molecule has 1 fully saturated rings. The first-order valence-electron chi connectivity index (χ1n) is 4.92. The molecule has 0 saturated carbocycles. The van der Waals surface area contributed by atoms with E-state index in [9.17, 15) is 9.90 Å². The molecule has 1 aliphatic heterocycles. The molecule has 2 heterocycles. The molecule has 15 heavy (non-hydrogen) atoms. The molecule has 1 aliphatic rings. The molecular weight excluding hydrogens is 192 g/mol. The summed E-state index contributed by atoms with van der Waals surface area (Å²) in [5, 5.41) is 9.55. The summed E-state index contributed by atoms with van der Waals surface area (Å²) in [6.45, 7) is 1.94. The number of nitrogens with zero attached hydrogens (tertiary/aromatic N) is 2. The van der Waals surface area contributed by atoms with Crippen LogP contribution in [0.5, 0.6) is 0 Å². The number of carbonyl (C=O) groups is 1. The molecule has 2 atom stereocenters. The Balaban J connectivity index is 2.40. The number of carbonyl (C=O) groups excluding carboxylic acids is 1. The summed E-state index contributed by atoms with van der Waals surface area (Å²) in [6, 6.07) is 3.76. The molecular formula is C11H14N2O2. The molecule has 1 amide bonds. The van der Waals surface area contributed by atoms with Gasteiger partial charge in [0.15, 0.2) is 0 Å². The Labute approximate surface area is 88.6 Å². The zero-order valence-electron chi connectivity index (χ0n) is 8.84. The number of hydrogen-bond donors (Lipinski definition) is 1. The minimum Gasteiger partial charge on any atom is -0.383 e. The second kappa shape index (κ2) is 3.31. The Bertz CT molecular complexity index is 379. The van der Waals surface area contributed by atoms with Crippen LogP contribution in [0.25, 0.3) is 0 Å². The summed E-state index contributed by atoms with van der Waals surface area (Å²) in [7, 11) is 1.71. The van der Waals surface area contributed by atoms with Crippen molar-refractivity contribution in [1.29, 1.82) is 0 Å². The highest BCUT2D eigenvalue weighted by Gasteiger charge is 2.46. The van der Waals surface area contributed by atoms with E-state index < -0.39 is 11.6 Å². The molecule has 1 aromatic rings. The second-order valence-electron chi connectivity index (χ2n) is 4.13. The fourth-order valence-corrected chi connectivity index (χ4v) is 2.06. The molecule has 2 rings (SSSR count). The predicted molar refractivity (Wildman–Crippen MR) is 55.0 cm³/mol. The standard InChI is InChI=1S/C11H14N2O2/c1-11(8-4-3-5-12-7-8)6-9(14)10(15)13(11)2/h3-5,7,9,14H,6H2,1-2H3/t9-,11?/m1/s1. The number of pyridine rings is 1. The third-order valence-electron chi connectivity index (χ3n) is 3.23. The molecule has 80 valence electrons. The maximum atomic E-state index is 11.5. The fourth-order valence-electron chi connectivity index (χ4n) is 2.06. The molecule has 1 N–H and O–H groups in total. The van der Waals surface area contributed by atoms with Crippen molar-refractivity contribution < 1.29 is 9.90 Å². The molecule has 1 unspecified atom stereocenters. The first-order valence-corrected chi connectivity index (χ1v) is 4.92. The number of likely N-dealkylation sites (N-methyl/N-ethyl adjacent to an activating group) is 1. The van der Waals surface area contributed by atoms with Crippen molar-refractivity contribution in [2.75, 3.05) is 7.05 Å². The first-order chi connectivity index (χ1) is 7.05. The minimum absolute atomic E-state index is 0.221. The maximum absolute atomic E-state index is 11.5. The summed E-state index contributed by atoms with van der Waals surface area (Å²) in [5.74, 6) is -0.221. The Morgan fingerprint density at radius 1 is 1.67 bits per heavy atom. The van der Waals surface area contributed by atoms with Gasteiger partial charge in [-0.05, 0) is 18.6 Å². The smallest absolute Gasteiger partial charge is 0.251 e. The highest BCUT2D eigenvalue weighted by atomic mass is 16.3.